The fraction of sp³-hybridized carbons (Fsp3) is 0.600. The molecule has 18 heavy (non-hydrogen) atoms. The largest absolute Gasteiger partial charge is 0.384 e. The van der Waals surface area contributed by atoms with E-state index in [9.17, 15) is 4.39 Å². The van der Waals surface area contributed by atoms with E-state index in [0.717, 1.165) is 12.1 Å². The van der Waals surface area contributed by atoms with E-state index in [2.05, 4.69) is 12.2 Å². The van der Waals surface area contributed by atoms with Gasteiger partial charge in [0.1, 0.15) is 5.82 Å². The highest BCUT2D eigenvalue weighted by atomic mass is 19.1. The minimum absolute atomic E-state index is 0.159. The lowest BCUT2D eigenvalue weighted by atomic mass is 9.87. The van der Waals surface area contributed by atoms with Gasteiger partial charge in [0.15, 0.2) is 0 Å². The van der Waals surface area contributed by atoms with Gasteiger partial charge >= 0.3 is 0 Å². The minimum atomic E-state index is -0.159. The molecule has 2 atom stereocenters. The molecule has 0 aromatic heterocycles. The second-order valence-corrected chi connectivity index (χ2v) is 5.28. The summed E-state index contributed by atoms with van der Waals surface area (Å²) in [6.07, 6.45) is 2.54. The highest BCUT2D eigenvalue weighted by molar-refractivity contribution is 5.22. The Labute approximate surface area is 109 Å². The highest BCUT2D eigenvalue weighted by Gasteiger charge is 2.25. The van der Waals surface area contributed by atoms with Crippen LogP contribution in [0.2, 0.25) is 0 Å². The van der Waals surface area contributed by atoms with E-state index in [0.29, 0.717) is 24.5 Å². The molecule has 0 radical (unpaired) electrons. The summed E-state index contributed by atoms with van der Waals surface area (Å²) in [5.41, 5.74) is 1.06. The van der Waals surface area contributed by atoms with Crippen molar-refractivity contribution >= 4 is 0 Å². The molecule has 2 unspecified atom stereocenters. The normalized spacial score (nSPS) is 18.6. The fourth-order valence-corrected chi connectivity index (χ4v) is 2.34. The molecule has 0 amide bonds. The van der Waals surface area contributed by atoms with Gasteiger partial charge in [-0.2, -0.15) is 0 Å². The molecule has 1 aromatic carbocycles. The molecule has 100 valence electrons. The SMILES string of the molecule is COCC(C)C(CNC1CC1)c1cccc(F)c1. The average molecular weight is 251 g/mol. The van der Waals surface area contributed by atoms with E-state index in [1.54, 1.807) is 19.2 Å². The van der Waals surface area contributed by atoms with Gasteiger partial charge in [0.05, 0.1) is 0 Å². The number of nitrogens with one attached hydrogen (secondary N) is 1. The van der Waals surface area contributed by atoms with Crippen LogP contribution in [0.15, 0.2) is 24.3 Å². The van der Waals surface area contributed by atoms with Crippen LogP contribution < -0.4 is 5.32 Å². The Bertz CT molecular complexity index is 379. The molecule has 0 saturated heterocycles. The first-order chi connectivity index (χ1) is 8.70. The van der Waals surface area contributed by atoms with Crippen LogP contribution in [-0.4, -0.2) is 26.3 Å². The molecule has 2 nitrogen and oxygen atoms in total. The Kier molecular flexibility index (Phi) is 4.72. The number of ether oxygens (including phenoxy) is 1. The third kappa shape index (κ3) is 3.79. The summed E-state index contributed by atoms with van der Waals surface area (Å²) in [6, 6.07) is 7.61. The molecule has 3 heteroatoms. The van der Waals surface area contributed by atoms with Crippen molar-refractivity contribution < 1.29 is 9.13 Å². The first-order valence-corrected chi connectivity index (χ1v) is 6.68. The molecule has 0 bridgehead atoms. The van der Waals surface area contributed by atoms with Crippen LogP contribution in [0, 0.1) is 11.7 Å². The van der Waals surface area contributed by atoms with Gasteiger partial charge in [-0.25, -0.2) is 4.39 Å². The number of benzene rings is 1. The van der Waals surface area contributed by atoms with E-state index in [1.807, 2.05) is 6.07 Å². The van der Waals surface area contributed by atoms with E-state index in [4.69, 9.17) is 4.74 Å². The van der Waals surface area contributed by atoms with E-state index in [-0.39, 0.29) is 5.82 Å². The van der Waals surface area contributed by atoms with E-state index in [1.165, 1.54) is 18.9 Å². The zero-order valence-corrected chi connectivity index (χ0v) is 11.2. The second kappa shape index (κ2) is 6.30. The fourth-order valence-electron chi connectivity index (χ4n) is 2.34. The van der Waals surface area contributed by atoms with Crippen molar-refractivity contribution in [2.75, 3.05) is 20.3 Å². The van der Waals surface area contributed by atoms with Gasteiger partial charge in [0, 0.05) is 32.2 Å². The average Bonchev–Trinajstić information content (AvgIpc) is 3.14. The maximum absolute atomic E-state index is 13.3. The quantitative estimate of drug-likeness (QED) is 0.804. The lowest BCUT2D eigenvalue weighted by molar-refractivity contribution is 0.145. The van der Waals surface area contributed by atoms with Crippen molar-refractivity contribution in [3.63, 3.8) is 0 Å². The van der Waals surface area contributed by atoms with Crippen LogP contribution in [0.25, 0.3) is 0 Å². The van der Waals surface area contributed by atoms with Crippen LogP contribution in [0.5, 0.6) is 0 Å². The summed E-state index contributed by atoms with van der Waals surface area (Å²) in [4.78, 5) is 0. The van der Waals surface area contributed by atoms with Crippen molar-refractivity contribution in [1.29, 1.82) is 0 Å². The van der Waals surface area contributed by atoms with Crippen LogP contribution in [-0.2, 0) is 4.74 Å². The van der Waals surface area contributed by atoms with Crippen molar-refractivity contribution in [2.45, 2.75) is 31.7 Å². The van der Waals surface area contributed by atoms with Crippen LogP contribution in [0.1, 0.15) is 31.2 Å². The molecule has 1 aromatic rings. The van der Waals surface area contributed by atoms with E-state index >= 15 is 0 Å². The predicted molar refractivity (Wildman–Crippen MR) is 71.2 cm³/mol. The summed E-state index contributed by atoms with van der Waals surface area (Å²) in [5, 5.41) is 3.54. The lowest BCUT2D eigenvalue weighted by Crippen LogP contribution is -2.29. The first kappa shape index (κ1) is 13.5. The van der Waals surface area contributed by atoms with Crippen LogP contribution >= 0.6 is 0 Å². The van der Waals surface area contributed by atoms with Gasteiger partial charge in [-0.1, -0.05) is 19.1 Å². The number of rotatable bonds is 7. The number of methoxy groups -OCH3 is 1. The maximum atomic E-state index is 13.3. The number of halogens is 1. The predicted octanol–water partition coefficient (Wildman–Crippen LogP) is 2.94. The third-order valence-corrected chi connectivity index (χ3v) is 3.60. The van der Waals surface area contributed by atoms with E-state index < -0.39 is 0 Å². The topological polar surface area (TPSA) is 21.3 Å². The van der Waals surface area contributed by atoms with Gasteiger partial charge < -0.3 is 10.1 Å². The second-order valence-electron chi connectivity index (χ2n) is 5.28. The minimum Gasteiger partial charge on any atom is -0.384 e. The van der Waals surface area contributed by atoms with Crippen molar-refractivity contribution in [1.82, 2.24) is 5.32 Å². The zero-order chi connectivity index (χ0) is 13.0. The number of hydrogen-bond donors (Lipinski definition) is 1. The van der Waals surface area contributed by atoms with Crippen LogP contribution in [0.4, 0.5) is 4.39 Å². The molecule has 1 fully saturated rings. The maximum Gasteiger partial charge on any atom is 0.123 e. The molecule has 1 aliphatic rings. The van der Waals surface area contributed by atoms with Crippen molar-refractivity contribution in [3.8, 4) is 0 Å². The molecule has 1 aliphatic carbocycles. The standard InChI is InChI=1S/C15H22FNO/c1-11(10-18-2)15(9-17-14-6-7-14)12-4-3-5-13(16)8-12/h3-5,8,11,14-15,17H,6-7,9-10H2,1-2H3. The molecule has 0 spiro atoms. The summed E-state index contributed by atoms with van der Waals surface area (Å²) in [7, 11) is 1.72. The summed E-state index contributed by atoms with van der Waals surface area (Å²) in [6.45, 7) is 3.76. The molecular weight excluding hydrogens is 229 g/mol. The van der Waals surface area contributed by atoms with Gasteiger partial charge in [0.25, 0.3) is 0 Å². The van der Waals surface area contributed by atoms with Crippen molar-refractivity contribution in [2.24, 2.45) is 5.92 Å². The Morgan fingerprint density at radius 2 is 2.22 bits per heavy atom. The first-order valence-electron chi connectivity index (χ1n) is 6.68. The highest BCUT2D eigenvalue weighted by Crippen LogP contribution is 2.27. The number of hydrogen-bond acceptors (Lipinski definition) is 2. The molecule has 0 heterocycles. The summed E-state index contributed by atoms with van der Waals surface area (Å²) in [5.74, 6) is 0.526. The molecular formula is C15H22FNO. The zero-order valence-electron chi connectivity index (χ0n) is 11.2. The molecule has 1 N–H and O–H groups in total. The molecule has 1 saturated carbocycles. The van der Waals surface area contributed by atoms with Gasteiger partial charge in [-0.3, -0.25) is 0 Å². The molecule has 2 rings (SSSR count). The van der Waals surface area contributed by atoms with Crippen molar-refractivity contribution in [3.05, 3.63) is 35.6 Å². The Balaban J connectivity index is 2.06. The summed E-state index contributed by atoms with van der Waals surface area (Å²) >= 11 is 0. The Morgan fingerprint density at radius 1 is 1.44 bits per heavy atom. The van der Waals surface area contributed by atoms with Gasteiger partial charge in [0.2, 0.25) is 0 Å². The summed E-state index contributed by atoms with van der Waals surface area (Å²) < 4.78 is 18.6. The third-order valence-electron chi connectivity index (χ3n) is 3.60. The Morgan fingerprint density at radius 3 is 2.83 bits per heavy atom. The lowest BCUT2D eigenvalue weighted by Gasteiger charge is -2.24. The molecule has 0 aliphatic heterocycles. The smallest absolute Gasteiger partial charge is 0.123 e. The van der Waals surface area contributed by atoms with Gasteiger partial charge in [-0.15, -0.1) is 0 Å². The Hall–Kier alpha value is -0.930. The monoisotopic (exact) mass is 251 g/mol. The van der Waals surface area contributed by atoms with Crippen LogP contribution in [0.3, 0.4) is 0 Å². The van der Waals surface area contributed by atoms with Gasteiger partial charge in [-0.05, 0) is 36.5 Å².